The summed E-state index contributed by atoms with van der Waals surface area (Å²) in [7, 11) is 0. The van der Waals surface area contributed by atoms with Crippen molar-refractivity contribution in [2.24, 2.45) is 0 Å². The van der Waals surface area contributed by atoms with Crippen molar-refractivity contribution >= 4 is 5.91 Å². The number of carbonyl (C=O) groups is 1. The average Bonchev–Trinajstić information content (AvgIpc) is 2.41. The van der Waals surface area contributed by atoms with Gasteiger partial charge >= 0.3 is 0 Å². The summed E-state index contributed by atoms with van der Waals surface area (Å²) in [6.07, 6.45) is 4.72. The molecule has 3 heteroatoms. The maximum atomic E-state index is 11.6. The fraction of sp³-hybridized carbons (Fsp3) is 0.588. The third kappa shape index (κ3) is 6.60. The molecule has 0 aliphatic rings. The first kappa shape index (κ1) is 16.5. The first-order valence-corrected chi connectivity index (χ1v) is 7.60. The molecule has 1 amide bonds. The topological polar surface area (TPSA) is 38.3 Å². The quantitative estimate of drug-likeness (QED) is 0.698. The molecule has 1 N–H and O–H groups in total. The molecule has 0 bridgehead atoms. The number of hydrogen-bond donors (Lipinski definition) is 1. The summed E-state index contributed by atoms with van der Waals surface area (Å²) in [6, 6.07) is 6.15. The van der Waals surface area contributed by atoms with E-state index in [1.807, 2.05) is 19.1 Å². The van der Waals surface area contributed by atoms with Gasteiger partial charge in [-0.25, -0.2) is 0 Å². The molecule has 0 saturated heterocycles. The molecule has 20 heavy (non-hydrogen) atoms. The number of unbranched alkanes of at least 4 members (excludes halogenated alkanes) is 2. The van der Waals surface area contributed by atoms with Gasteiger partial charge in [-0.2, -0.15) is 0 Å². The van der Waals surface area contributed by atoms with Gasteiger partial charge in [0.15, 0.2) is 0 Å². The van der Waals surface area contributed by atoms with Crippen LogP contribution in [-0.4, -0.2) is 19.1 Å². The number of ether oxygens (including phenoxy) is 1. The molecule has 1 rings (SSSR count). The Morgan fingerprint density at radius 3 is 2.70 bits per heavy atom. The van der Waals surface area contributed by atoms with Gasteiger partial charge in [0, 0.05) is 13.0 Å². The van der Waals surface area contributed by atoms with E-state index in [-0.39, 0.29) is 5.91 Å². The number of benzene rings is 1. The summed E-state index contributed by atoms with van der Waals surface area (Å²) in [5, 5.41) is 2.94. The van der Waals surface area contributed by atoms with Crippen molar-refractivity contribution in [3.05, 3.63) is 29.3 Å². The van der Waals surface area contributed by atoms with Crippen molar-refractivity contribution in [1.29, 1.82) is 0 Å². The summed E-state index contributed by atoms with van der Waals surface area (Å²) in [5.74, 6) is 1.05. The van der Waals surface area contributed by atoms with Crippen molar-refractivity contribution in [2.45, 2.75) is 52.9 Å². The number of aryl methyl sites for hydroxylation is 2. The fourth-order valence-corrected chi connectivity index (χ4v) is 2.07. The van der Waals surface area contributed by atoms with Crippen molar-refractivity contribution in [3.8, 4) is 5.75 Å². The molecular formula is C17H27NO2. The van der Waals surface area contributed by atoms with E-state index >= 15 is 0 Å². The predicted molar refractivity (Wildman–Crippen MR) is 83.2 cm³/mol. The summed E-state index contributed by atoms with van der Waals surface area (Å²) >= 11 is 0. The van der Waals surface area contributed by atoms with Crippen LogP contribution < -0.4 is 10.1 Å². The summed E-state index contributed by atoms with van der Waals surface area (Å²) in [4.78, 5) is 11.6. The molecule has 1 aromatic carbocycles. The Hall–Kier alpha value is -1.51. The van der Waals surface area contributed by atoms with E-state index in [4.69, 9.17) is 4.74 Å². The highest BCUT2D eigenvalue weighted by Crippen LogP contribution is 2.18. The van der Waals surface area contributed by atoms with E-state index in [0.29, 0.717) is 13.0 Å². The standard InChI is InChI=1S/C17H27NO2/c1-4-5-6-11-18-17(19)8-7-12-20-16-10-9-14(2)13-15(16)3/h9-10,13H,4-8,11-12H2,1-3H3,(H,18,19). The van der Waals surface area contributed by atoms with Crippen LogP contribution in [0.3, 0.4) is 0 Å². The summed E-state index contributed by atoms with van der Waals surface area (Å²) in [5.41, 5.74) is 2.38. The van der Waals surface area contributed by atoms with E-state index in [1.54, 1.807) is 0 Å². The minimum atomic E-state index is 0.130. The molecule has 0 heterocycles. The molecule has 0 aromatic heterocycles. The summed E-state index contributed by atoms with van der Waals surface area (Å²) < 4.78 is 5.71. The molecule has 0 radical (unpaired) electrons. The van der Waals surface area contributed by atoms with E-state index in [9.17, 15) is 4.79 Å². The molecule has 0 unspecified atom stereocenters. The summed E-state index contributed by atoms with van der Waals surface area (Å²) in [6.45, 7) is 7.66. The molecule has 1 aromatic rings. The van der Waals surface area contributed by atoms with Crippen molar-refractivity contribution in [2.75, 3.05) is 13.2 Å². The maximum absolute atomic E-state index is 11.6. The molecular weight excluding hydrogens is 250 g/mol. The normalized spacial score (nSPS) is 10.3. The number of rotatable bonds is 9. The molecule has 0 fully saturated rings. The van der Waals surface area contributed by atoms with Crippen LogP contribution in [0.5, 0.6) is 5.75 Å². The lowest BCUT2D eigenvalue weighted by Crippen LogP contribution is -2.24. The van der Waals surface area contributed by atoms with Crippen LogP contribution in [0.15, 0.2) is 18.2 Å². The second-order valence-electron chi connectivity index (χ2n) is 5.28. The van der Waals surface area contributed by atoms with Gasteiger partial charge in [-0.05, 0) is 38.3 Å². The van der Waals surface area contributed by atoms with Crippen LogP contribution in [0.25, 0.3) is 0 Å². The molecule has 0 aliphatic carbocycles. The van der Waals surface area contributed by atoms with Gasteiger partial charge in [0.2, 0.25) is 5.91 Å². The monoisotopic (exact) mass is 277 g/mol. The zero-order chi connectivity index (χ0) is 14.8. The smallest absolute Gasteiger partial charge is 0.220 e. The zero-order valence-corrected chi connectivity index (χ0v) is 13.0. The Morgan fingerprint density at radius 1 is 1.20 bits per heavy atom. The van der Waals surface area contributed by atoms with Crippen LogP contribution in [-0.2, 0) is 4.79 Å². The minimum absolute atomic E-state index is 0.130. The van der Waals surface area contributed by atoms with Gasteiger partial charge in [0.05, 0.1) is 6.61 Å². The van der Waals surface area contributed by atoms with Crippen molar-refractivity contribution < 1.29 is 9.53 Å². The van der Waals surface area contributed by atoms with Gasteiger partial charge in [0.1, 0.15) is 5.75 Å². The third-order valence-corrected chi connectivity index (χ3v) is 3.24. The SMILES string of the molecule is CCCCCNC(=O)CCCOc1ccc(C)cc1C. The Balaban J connectivity index is 2.13. The van der Waals surface area contributed by atoms with Crippen LogP contribution in [0.2, 0.25) is 0 Å². The van der Waals surface area contributed by atoms with Crippen molar-refractivity contribution in [3.63, 3.8) is 0 Å². The van der Waals surface area contributed by atoms with Gasteiger partial charge in [0.25, 0.3) is 0 Å². The largest absolute Gasteiger partial charge is 0.493 e. The number of hydrogen-bond acceptors (Lipinski definition) is 2. The molecule has 3 nitrogen and oxygen atoms in total. The van der Waals surface area contributed by atoms with Gasteiger partial charge in [-0.1, -0.05) is 37.5 Å². The fourth-order valence-electron chi connectivity index (χ4n) is 2.07. The van der Waals surface area contributed by atoms with Crippen molar-refractivity contribution in [1.82, 2.24) is 5.32 Å². The van der Waals surface area contributed by atoms with Crippen LogP contribution in [0.4, 0.5) is 0 Å². The van der Waals surface area contributed by atoms with Crippen LogP contribution >= 0.6 is 0 Å². The second kappa shape index (κ2) is 9.40. The lowest BCUT2D eigenvalue weighted by atomic mass is 10.1. The highest BCUT2D eigenvalue weighted by molar-refractivity contribution is 5.75. The highest BCUT2D eigenvalue weighted by Gasteiger charge is 2.02. The number of amides is 1. The minimum Gasteiger partial charge on any atom is -0.493 e. The van der Waals surface area contributed by atoms with Crippen LogP contribution in [0, 0.1) is 13.8 Å². The van der Waals surface area contributed by atoms with E-state index in [0.717, 1.165) is 30.7 Å². The van der Waals surface area contributed by atoms with Gasteiger partial charge in [-0.15, -0.1) is 0 Å². The Bertz CT molecular complexity index is 415. The second-order valence-corrected chi connectivity index (χ2v) is 5.28. The predicted octanol–water partition coefficient (Wildman–Crippen LogP) is 3.77. The third-order valence-electron chi connectivity index (χ3n) is 3.24. The van der Waals surface area contributed by atoms with Crippen LogP contribution in [0.1, 0.15) is 50.2 Å². The number of carbonyl (C=O) groups excluding carboxylic acids is 1. The Morgan fingerprint density at radius 2 is 2.00 bits per heavy atom. The molecule has 0 saturated carbocycles. The maximum Gasteiger partial charge on any atom is 0.220 e. The Kier molecular flexibility index (Phi) is 7.78. The van der Waals surface area contributed by atoms with Gasteiger partial charge < -0.3 is 10.1 Å². The molecule has 0 aliphatic heterocycles. The lowest BCUT2D eigenvalue weighted by molar-refractivity contribution is -0.121. The molecule has 0 spiro atoms. The highest BCUT2D eigenvalue weighted by atomic mass is 16.5. The first-order valence-electron chi connectivity index (χ1n) is 7.60. The van der Waals surface area contributed by atoms with E-state index < -0.39 is 0 Å². The van der Waals surface area contributed by atoms with E-state index in [1.165, 1.54) is 18.4 Å². The lowest BCUT2D eigenvalue weighted by Gasteiger charge is -2.09. The number of nitrogens with one attached hydrogen (secondary N) is 1. The van der Waals surface area contributed by atoms with E-state index in [2.05, 4.69) is 25.2 Å². The van der Waals surface area contributed by atoms with Gasteiger partial charge in [-0.3, -0.25) is 4.79 Å². The molecule has 0 atom stereocenters. The Labute approximate surface area is 122 Å². The first-order chi connectivity index (χ1) is 9.63. The molecule has 112 valence electrons. The zero-order valence-electron chi connectivity index (χ0n) is 13.0. The average molecular weight is 277 g/mol.